The molecule has 0 bridgehead atoms. The maximum absolute atomic E-state index is 14.7. The highest BCUT2D eigenvalue weighted by Gasteiger charge is 2.53. The Bertz CT molecular complexity index is 2610. The van der Waals surface area contributed by atoms with Crippen molar-refractivity contribution in [1.29, 1.82) is 0 Å². The van der Waals surface area contributed by atoms with Crippen LogP contribution in [0.1, 0.15) is 119 Å². The van der Waals surface area contributed by atoms with Crippen LogP contribution >= 0.6 is 33.9 Å². The van der Waals surface area contributed by atoms with Gasteiger partial charge in [-0.1, -0.05) is 65.0 Å². The molecule has 1 unspecified atom stereocenters. The summed E-state index contributed by atoms with van der Waals surface area (Å²) in [5.74, 6) is -5.28. The van der Waals surface area contributed by atoms with Crippen molar-refractivity contribution in [2.24, 2.45) is 5.41 Å². The fourth-order valence-corrected chi connectivity index (χ4v) is 9.81. The summed E-state index contributed by atoms with van der Waals surface area (Å²) >= 11 is 3.40. The predicted octanol–water partition coefficient (Wildman–Crippen LogP) is 9.44. The number of carbonyl (C=O) groups excluding carboxylic acids is 5. The number of β-amino-alcohol motifs (C(OH)–C–C–N with tert-alkyl or cyclic N) is 1. The Morgan fingerprint density at radius 3 is 2.32 bits per heavy atom. The number of halogens is 5. The van der Waals surface area contributed by atoms with Gasteiger partial charge >= 0.3 is 0 Å². The number of benzene rings is 3. The molecule has 20 heteroatoms. The van der Waals surface area contributed by atoms with Crippen LogP contribution in [0.2, 0.25) is 0 Å². The van der Waals surface area contributed by atoms with Crippen LogP contribution in [0.4, 0.5) is 28.9 Å². The van der Waals surface area contributed by atoms with Gasteiger partial charge in [-0.15, -0.1) is 11.3 Å². The van der Waals surface area contributed by atoms with Crippen molar-refractivity contribution in [2.75, 3.05) is 44.8 Å². The molecule has 1 saturated heterocycles. The molecule has 74 heavy (non-hydrogen) atoms. The van der Waals surface area contributed by atoms with E-state index >= 15 is 0 Å². The number of Topliss-reactive ketones (excluding diaryl/α,β-unsaturated/α-hetero) is 2. The zero-order valence-electron chi connectivity index (χ0n) is 42.4. The first kappa shape index (κ1) is 58.2. The summed E-state index contributed by atoms with van der Waals surface area (Å²) in [5.41, 5.74) is 0.538. The summed E-state index contributed by atoms with van der Waals surface area (Å²) < 4.78 is 70.1. The van der Waals surface area contributed by atoms with Crippen LogP contribution in [-0.4, -0.2) is 108 Å². The zero-order chi connectivity index (χ0) is 53.6. The molecular weight excluding hydrogens is 1100 g/mol. The smallest absolute Gasteiger partial charge is 0.258 e. The number of aliphatic hydroxyl groups excluding tert-OH is 1. The van der Waals surface area contributed by atoms with Crippen molar-refractivity contribution in [3.63, 3.8) is 0 Å². The van der Waals surface area contributed by atoms with Gasteiger partial charge in [-0.25, -0.2) is 22.5 Å². The molecule has 3 amide bonds. The van der Waals surface area contributed by atoms with Crippen molar-refractivity contribution in [2.45, 2.75) is 135 Å². The van der Waals surface area contributed by atoms with E-state index in [1.54, 1.807) is 32.3 Å². The fraction of sp³-hybridized carbons (Fsp3) is 0.519. The molecule has 1 aliphatic heterocycles. The number of ether oxygens (including phenoxy) is 2. The number of nitrogens with one attached hydrogen (secondary N) is 4. The zero-order valence-corrected chi connectivity index (χ0v) is 45.3. The van der Waals surface area contributed by atoms with Crippen LogP contribution < -0.4 is 26.0 Å². The van der Waals surface area contributed by atoms with Crippen LogP contribution in [0.25, 0.3) is 10.4 Å². The number of amides is 3. The second-order valence-corrected chi connectivity index (χ2v) is 22.2. The minimum Gasteiger partial charge on any atom is -0.485 e. The van der Waals surface area contributed by atoms with E-state index in [0.717, 1.165) is 79.8 Å². The number of aromatic nitrogens is 1. The lowest BCUT2D eigenvalue weighted by atomic mass is 9.85. The van der Waals surface area contributed by atoms with Crippen LogP contribution in [0, 0.1) is 33.4 Å². The van der Waals surface area contributed by atoms with E-state index in [1.165, 1.54) is 28.4 Å². The number of anilines is 2. The minimum atomic E-state index is -1.99. The van der Waals surface area contributed by atoms with Gasteiger partial charge in [-0.3, -0.25) is 24.0 Å². The van der Waals surface area contributed by atoms with E-state index in [4.69, 9.17) is 9.47 Å². The highest BCUT2D eigenvalue weighted by Crippen LogP contribution is 2.41. The molecule has 2 fully saturated rings. The lowest BCUT2D eigenvalue weighted by molar-refractivity contribution is -0.145. The van der Waals surface area contributed by atoms with E-state index in [9.17, 15) is 46.6 Å². The number of likely N-dealkylation sites (tertiary alicyclic amines) is 1. The molecule has 4 aromatic rings. The molecule has 402 valence electrons. The summed E-state index contributed by atoms with van der Waals surface area (Å²) in [4.78, 5) is 72.8. The highest BCUT2D eigenvalue weighted by molar-refractivity contribution is 14.1. The molecule has 0 spiro atoms. The fourth-order valence-electron chi connectivity index (χ4n) is 8.56. The number of alkyl halides is 1. The summed E-state index contributed by atoms with van der Waals surface area (Å²) in [5, 5.41) is 22.0. The van der Waals surface area contributed by atoms with Gasteiger partial charge in [0.2, 0.25) is 11.8 Å². The van der Waals surface area contributed by atoms with Gasteiger partial charge in [0.25, 0.3) is 5.91 Å². The van der Waals surface area contributed by atoms with Crippen LogP contribution in [-0.2, 0) is 30.5 Å². The van der Waals surface area contributed by atoms with Gasteiger partial charge in [-0.05, 0) is 122 Å². The third-order valence-electron chi connectivity index (χ3n) is 13.0. The van der Waals surface area contributed by atoms with Gasteiger partial charge in [0.1, 0.15) is 36.9 Å². The van der Waals surface area contributed by atoms with Crippen molar-refractivity contribution in [3.8, 4) is 16.2 Å². The molecular formula is C54H67F4IN6O8S. The number of carbonyl (C=O) groups is 5. The average molecular weight is 1160 g/mol. The van der Waals surface area contributed by atoms with Gasteiger partial charge in [0.05, 0.1) is 33.6 Å². The second-order valence-electron chi connectivity index (χ2n) is 20.1. The molecule has 3 aromatic carbocycles. The quantitative estimate of drug-likeness (QED) is 0.0151. The normalized spacial score (nSPS) is 16.4. The van der Waals surface area contributed by atoms with Crippen molar-refractivity contribution in [3.05, 3.63) is 91.9 Å². The van der Waals surface area contributed by atoms with E-state index in [2.05, 4.69) is 26.3 Å². The molecule has 1 aliphatic carbocycles. The molecule has 2 aliphatic rings. The molecule has 0 radical (unpaired) electrons. The molecule has 3 atom stereocenters. The third-order valence-corrected chi connectivity index (χ3v) is 14.7. The first-order valence-corrected chi connectivity index (χ1v) is 27.2. The second kappa shape index (κ2) is 27.1. The number of unbranched alkanes of at least 4 members (excludes halogenated alkanes) is 6. The average Bonchev–Trinajstić information content (AvgIpc) is 3.76. The Kier molecular flexibility index (Phi) is 21.4. The SMILES string of the molecule is Cc1ncsc1-c1ccc(CNC(=O)C2C[C@@H](O)CN2C(=O)[C@@H](NC(=O)C2(F)CC2)C(C)(C)C)c(OCC(=O)CCCCCCCCCNCCCOCC(=O)c2ccc(F)c(F)c2Nc2ccc(I)cc2F)c1. The number of thiazole rings is 1. The lowest BCUT2D eigenvalue weighted by Crippen LogP contribution is -2.59. The largest absolute Gasteiger partial charge is 0.485 e. The third kappa shape index (κ3) is 16.5. The molecule has 1 saturated carbocycles. The van der Waals surface area contributed by atoms with Gasteiger partial charge < -0.3 is 40.7 Å². The summed E-state index contributed by atoms with van der Waals surface area (Å²) in [7, 11) is 0. The van der Waals surface area contributed by atoms with E-state index in [0.29, 0.717) is 34.3 Å². The number of hydrogen-bond donors (Lipinski definition) is 5. The Balaban J connectivity index is 0.860. The Morgan fingerprint density at radius 1 is 0.919 bits per heavy atom. The van der Waals surface area contributed by atoms with Crippen molar-refractivity contribution < 1.29 is 56.1 Å². The van der Waals surface area contributed by atoms with Crippen LogP contribution in [0.15, 0.2) is 54.0 Å². The Morgan fingerprint density at radius 2 is 1.64 bits per heavy atom. The van der Waals surface area contributed by atoms with E-state index < -0.39 is 75.9 Å². The molecule has 5 N–H and O–H groups in total. The number of rotatable bonds is 29. The molecule has 14 nitrogen and oxygen atoms in total. The van der Waals surface area contributed by atoms with Crippen LogP contribution in [0.3, 0.4) is 0 Å². The molecule has 1 aromatic heterocycles. The summed E-state index contributed by atoms with van der Waals surface area (Å²) in [6.45, 7) is 8.27. The first-order valence-electron chi connectivity index (χ1n) is 25.2. The standard InChI is InChI=1S/C54H67F4IN6O8S/c1-33-48(74-32-62-33)34-14-15-35(28-61-50(69)43-27-38(67)29-65(43)51(70)49(53(2,3)4)64-52(71)54(58)20-21-54)45(25-34)73-30-37(66)13-10-8-6-5-7-9-11-22-60-23-12-24-72-31-44(68)39-17-18-40(55)46(57)47(39)63-42-19-16-36(59)26-41(42)56/h14-19,25-26,32,38,43,49,60,63,67H,5-13,20-24,27-31H2,1-4H3,(H,61,69)(H,64,71)/t38-,43?,49-/m1/s1. The summed E-state index contributed by atoms with van der Waals surface area (Å²) in [6, 6.07) is 9.58. The maximum Gasteiger partial charge on any atom is 0.258 e. The van der Waals surface area contributed by atoms with Gasteiger partial charge in [-0.2, -0.15) is 0 Å². The lowest BCUT2D eigenvalue weighted by Gasteiger charge is -2.35. The Hall–Kier alpha value is -5.03. The maximum atomic E-state index is 14.7. The number of ketones is 2. The van der Waals surface area contributed by atoms with Crippen molar-refractivity contribution in [1.82, 2.24) is 25.8 Å². The van der Waals surface area contributed by atoms with E-state index in [-0.39, 0.29) is 69.2 Å². The number of hydrogen-bond acceptors (Lipinski definition) is 12. The number of nitrogens with zero attached hydrogens (tertiary/aromatic N) is 2. The summed E-state index contributed by atoms with van der Waals surface area (Å²) in [6.07, 6.45) is 6.92. The number of aryl methyl sites for hydroxylation is 1. The van der Waals surface area contributed by atoms with Crippen molar-refractivity contribution >= 4 is 74.6 Å². The van der Waals surface area contributed by atoms with E-state index in [1.807, 2.05) is 47.7 Å². The molecule has 2 heterocycles. The number of aliphatic hydroxyl groups is 1. The van der Waals surface area contributed by atoms with Gasteiger partial charge in [0, 0.05) is 47.2 Å². The first-order chi connectivity index (χ1) is 35.2. The minimum absolute atomic E-state index is 0.00410. The molecule has 6 rings (SSSR count). The monoisotopic (exact) mass is 1160 g/mol. The predicted molar refractivity (Wildman–Crippen MR) is 284 cm³/mol. The Labute approximate surface area is 447 Å². The van der Waals surface area contributed by atoms with Gasteiger partial charge in [0.15, 0.2) is 28.9 Å². The topological polar surface area (TPSA) is 188 Å². The van der Waals surface area contributed by atoms with Crippen LogP contribution in [0.5, 0.6) is 5.75 Å². The highest BCUT2D eigenvalue weighted by atomic mass is 127.